The summed E-state index contributed by atoms with van der Waals surface area (Å²) < 4.78 is 65.3. The first-order valence-corrected chi connectivity index (χ1v) is 16.3. The molecule has 0 bridgehead atoms. The third-order valence-electron chi connectivity index (χ3n) is 4.50. The van der Waals surface area contributed by atoms with E-state index in [4.69, 9.17) is 9.47 Å². The van der Waals surface area contributed by atoms with Crippen LogP contribution < -0.4 is 19.5 Å². The first-order valence-electron chi connectivity index (χ1n) is 9.70. The van der Waals surface area contributed by atoms with Gasteiger partial charge in [0, 0.05) is 12.7 Å². The number of fused-ring (bicyclic) bond motifs is 1. The molecule has 33 heavy (non-hydrogen) atoms. The number of benzene rings is 1. The van der Waals surface area contributed by atoms with Gasteiger partial charge >= 0.3 is 6.03 Å². The molecule has 0 spiro atoms. The lowest BCUT2D eigenvalue weighted by molar-refractivity contribution is 0.256. The van der Waals surface area contributed by atoms with Gasteiger partial charge in [0.05, 0.1) is 28.4 Å². The molecule has 180 valence electrons. The number of carbonyl (C=O) groups excluding carboxylic acids is 1. The fourth-order valence-electron chi connectivity index (χ4n) is 3.24. The maximum absolute atomic E-state index is 13.2. The SMILES string of the molecule is COc1cc(OC)nc(NC(=O)NS(=O)(=O)c2cccc3c2S(=O)(=O)N(C[Si](C)(C)C)C3)n1. The molecule has 2 aromatic rings. The van der Waals surface area contributed by atoms with Gasteiger partial charge in [0.1, 0.15) is 9.79 Å². The van der Waals surface area contributed by atoms with Crippen LogP contribution in [0.4, 0.5) is 10.7 Å². The van der Waals surface area contributed by atoms with Crippen molar-refractivity contribution < 1.29 is 31.1 Å². The van der Waals surface area contributed by atoms with E-state index in [0.717, 1.165) is 6.07 Å². The Morgan fingerprint density at radius 1 is 1.15 bits per heavy atom. The summed E-state index contributed by atoms with van der Waals surface area (Å²) in [6.07, 6.45) is 0.340. The maximum Gasteiger partial charge on any atom is 0.335 e. The summed E-state index contributed by atoms with van der Waals surface area (Å²) in [5, 5.41) is 2.18. The van der Waals surface area contributed by atoms with Crippen LogP contribution in [0, 0.1) is 0 Å². The van der Waals surface area contributed by atoms with Crippen LogP contribution in [0.25, 0.3) is 0 Å². The zero-order valence-corrected chi connectivity index (χ0v) is 21.4. The van der Waals surface area contributed by atoms with Gasteiger partial charge in [-0.2, -0.15) is 14.3 Å². The number of ether oxygens (including phenoxy) is 2. The van der Waals surface area contributed by atoms with E-state index in [-0.39, 0.29) is 29.1 Å². The zero-order valence-electron chi connectivity index (χ0n) is 18.7. The second kappa shape index (κ2) is 8.89. The van der Waals surface area contributed by atoms with Gasteiger partial charge in [-0.3, -0.25) is 5.32 Å². The number of nitrogens with one attached hydrogen (secondary N) is 2. The molecule has 1 aromatic heterocycles. The van der Waals surface area contributed by atoms with Gasteiger partial charge in [0.25, 0.3) is 10.0 Å². The van der Waals surface area contributed by atoms with Gasteiger partial charge < -0.3 is 9.47 Å². The Morgan fingerprint density at radius 2 is 1.76 bits per heavy atom. The van der Waals surface area contributed by atoms with Crippen molar-refractivity contribution in [3.8, 4) is 11.8 Å². The molecule has 1 aliphatic rings. The van der Waals surface area contributed by atoms with E-state index in [0.29, 0.717) is 11.7 Å². The van der Waals surface area contributed by atoms with Crippen molar-refractivity contribution in [2.75, 3.05) is 25.7 Å². The van der Waals surface area contributed by atoms with Gasteiger partial charge in [0.15, 0.2) is 0 Å². The number of aromatic nitrogens is 2. The zero-order chi connectivity index (χ0) is 24.6. The Hall–Kier alpha value is -2.75. The van der Waals surface area contributed by atoms with E-state index in [1.54, 1.807) is 6.07 Å². The number of urea groups is 1. The van der Waals surface area contributed by atoms with Crippen LogP contribution in [0.5, 0.6) is 11.8 Å². The molecule has 1 aliphatic heterocycles. The lowest BCUT2D eigenvalue weighted by Gasteiger charge is -2.23. The molecular weight excluding hydrogens is 490 g/mol. The molecule has 0 saturated heterocycles. The number of nitrogens with zero attached hydrogens (tertiary/aromatic N) is 3. The van der Waals surface area contributed by atoms with Crippen molar-refractivity contribution in [2.45, 2.75) is 36.0 Å². The monoisotopic (exact) mass is 515 g/mol. The van der Waals surface area contributed by atoms with Gasteiger partial charge in [0.2, 0.25) is 27.7 Å². The number of sulfonamides is 2. The van der Waals surface area contributed by atoms with Crippen LogP contribution in [-0.2, 0) is 26.6 Å². The molecule has 0 fully saturated rings. The van der Waals surface area contributed by atoms with E-state index in [9.17, 15) is 21.6 Å². The highest BCUT2D eigenvalue weighted by molar-refractivity contribution is 7.93. The molecule has 2 N–H and O–H groups in total. The molecule has 0 aliphatic carbocycles. The minimum atomic E-state index is -4.55. The third-order valence-corrected chi connectivity index (χ3v) is 9.49. The summed E-state index contributed by atoms with van der Waals surface area (Å²) in [7, 11) is -7.72. The lowest BCUT2D eigenvalue weighted by atomic mass is 10.2. The number of carbonyl (C=O) groups is 1. The Kier molecular flexibility index (Phi) is 6.70. The minimum absolute atomic E-state index is 0.0782. The normalized spacial score (nSPS) is 15.5. The van der Waals surface area contributed by atoms with E-state index < -0.39 is 39.0 Å². The van der Waals surface area contributed by atoms with E-state index in [2.05, 4.69) is 15.3 Å². The fourth-order valence-corrected chi connectivity index (χ4v) is 9.29. The molecular formula is C18H25N5O7S2Si. The minimum Gasteiger partial charge on any atom is -0.481 e. The second-order valence-corrected chi connectivity index (χ2v) is 17.4. The Bertz CT molecular complexity index is 1270. The highest BCUT2D eigenvalue weighted by Gasteiger charge is 2.41. The molecule has 2 heterocycles. The topological polar surface area (TPSA) is 157 Å². The van der Waals surface area contributed by atoms with Gasteiger partial charge in [-0.05, 0) is 11.6 Å². The number of methoxy groups -OCH3 is 2. The van der Waals surface area contributed by atoms with Crippen LogP contribution in [0.15, 0.2) is 34.1 Å². The molecule has 0 atom stereocenters. The molecule has 12 nitrogen and oxygen atoms in total. The third kappa shape index (κ3) is 5.43. The van der Waals surface area contributed by atoms with Crippen LogP contribution >= 0.6 is 0 Å². The van der Waals surface area contributed by atoms with E-state index in [1.807, 2.05) is 24.4 Å². The van der Waals surface area contributed by atoms with E-state index >= 15 is 0 Å². The van der Waals surface area contributed by atoms with Gasteiger partial charge in [-0.1, -0.05) is 31.8 Å². The maximum atomic E-state index is 13.2. The van der Waals surface area contributed by atoms with Crippen molar-refractivity contribution in [3.63, 3.8) is 0 Å². The Morgan fingerprint density at radius 3 is 2.30 bits per heavy atom. The van der Waals surface area contributed by atoms with Crippen molar-refractivity contribution in [3.05, 3.63) is 29.8 Å². The van der Waals surface area contributed by atoms with Crippen molar-refractivity contribution >= 4 is 40.1 Å². The van der Waals surface area contributed by atoms with Gasteiger partial charge in [-0.25, -0.2) is 26.4 Å². The summed E-state index contributed by atoms with van der Waals surface area (Å²) in [5.41, 5.74) is 0.359. The summed E-state index contributed by atoms with van der Waals surface area (Å²) in [6, 6.07) is 4.33. The number of rotatable bonds is 7. The average Bonchev–Trinajstić information content (AvgIpc) is 2.95. The van der Waals surface area contributed by atoms with Gasteiger partial charge in [-0.15, -0.1) is 0 Å². The average molecular weight is 516 g/mol. The standard InChI is InChI=1S/C18H25N5O7S2Si/c1-29-14-9-15(30-2)20-17(19-14)21-18(24)22-31(25,26)13-8-6-7-12-10-23(11-33(3,4)5)32(27,28)16(12)13/h6-9H,10-11H2,1-5H3,(H2,19,20,21,22,24). The molecule has 15 heteroatoms. The first-order chi connectivity index (χ1) is 15.3. The summed E-state index contributed by atoms with van der Waals surface area (Å²) >= 11 is 0. The molecule has 2 amide bonds. The van der Waals surface area contributed by atoms with Crippen molar-refractivity contribution in [2.24, 2.45) is 0 Å². The Balaban J connectivity index is 1.89. The number of hydrogen-bond donors (Lipinski definition) is 2. The molecule has 1 aromatic carbocycles. The van der Waals surface area contributed by atoms with Crippen LogP contribution in [0.3, 0.4) is 0 Å². The summed E-state index contributed by atoms with van der Waals surface area (Å²) in [5.74, 6) is -0.116. The smallest absolute Gasteiger partial charge is 0.335 e. The predicted molar refractivity (Wildman–Crippen MR) is 122 cm³/mol. The fraction of sp³-hybridized carbons (Fsp3) is 0.389. The molecule has 0 saturated carbocycles. The van der Waals surface area contributed by atoms with Crippen LogP contribution in [0.2, 0.25) is 19.6 Å². The molecule has 3 rings (SSSR count). The highest BCUT2D eigenvalue weighted by Crippen LogP contribution is 2.35. The quantitative estimate of drug-likeness (QED) is 0.520. The lowest BCUT2D eigenvalue weighted by Crippen LogP contribution is -2.40. The summed E-state index contributed by atoms with van der Waals surface area (Å²) in [6.45, 7) is 6.13. The first kappa shape index (κ1) is 24.9. The number of amides is 2. The molecule has 0 unspecified atom stereocenters. The predicted octanol–water partition coefficient (Wildman–Crippen LogP) is 1.39. The van der Waals surface area contributed by atoms with Crippen LogP contribution in [-0.4, -0.2) is 65.6 Å². The van der Waals surface area contributed by atoms with Crippen molar-refractivity contribution in [1.29, 1.82) is 0 Å². The van der Waals surface area contributed by atoms with Crippen LogP contribution in [0.1, 0.15) is 5.56 Å². The van der Waals surface area contributed by atoms with Crippen molar-refractivity contribution in [1.82, 2.24) is 19.0 Å². The second-order valence-electron chi connectivity index (χ2n) is 8.41. The number of hydrogen-bond acceptors (Lipinski definition) is 9. The summed E-state index contributed by atoms with van der Waals surface area (Å²) in [4.78, 5) is 19.4. The number of anilines is 1. The Labute approximate surface area is 193 Å². The molecule has 0 radical (unpaired) electrons. The van der Waals surface area contributed by atoms with E-state index in [1.165, 1.54) is 30.7 Å². The highest BCUT2D eigenvalue weighted by atomic mass is 32.2. The largest absolute Gasteiger partial charge is 0.481 e.